The molecule has 2 aliphatic heterocycles. The topological polar surface area (TPSA) is 96.9 Å². The molecule has 1 saturated heterocycles. The van der Waals surface area contributed by atoms with Crippen LogP contribution in [-0.4, -0.2) is 45.2 Å². The lowest BCUT2D eigenvalue weighted by Crippen LogP contribution is -2.35. The zero-order chi connectivity index (χ0) is 19.0. The van der Waals surface area contributed by atoms with Crippen LogP contribution in [-0.2, 0) is 21.0 Å². The highest BCUT2D eigenvalue weighted by atomic mass is 16.7. The van der Waals surface area contributed by atoms with E-state index >= 15 is 0 Å². The third-order valence-electron chi connectivity index (χ3n) is 4.58. The zero-order valence-corrected chi connectivity index (χ0v) is 14.2. The highest BCUT2D eigenvalue weighted by molar-refractivity contribution is 6.20. The minimum Gasteiger partial charge on any atom is -0.337 e. The van der Waals surface area contributed by atoms with E-state index in [-0.39, 0.29) is 30.0 Å². The number of imide groups is 1. The fourth-order valence-electron chi connectivity index (χ4n) is 3.21. The van der Waals surface area contributed by atoms with Crippen molar-refractivity contribution in [3.05, 3.63) is 65.5 Å². The van der Waals surface area contributed by atoms with Crippen molar-refractivity contribution in [2.24, 2.45) is 5.92 Å². The molecule has 0 spiro atoms. The van der Waals surface area contributed by atoms with Gasteiger partial charge in [0.2, 0.25) is 5.91 Å². The first-order valence-electron chi connectivity index (χ1n) is 8.41. The molecule has 1 aromatic carbocycles. The van der Waals surface area contributed by atoms with Gasteiger partial charge in [0.15, 0.2) is 0 Å². The van der Waals surface area contributed by atoms with E-state index in [1.807, 2.05) is 6.07 Å². The number of carbonyl (C=O) groups excluding carboxylic acids is 4. The Balaban J connectivity index is 1.42. The number of fused-ring (bicyclic) bond motifs is 1. The van der Waals surface area contributed by atoms with Crippen LogP contribution in [0.2, 0.25) is 0 Å². The van der Waals surface area contributed by atoms with Crippen LogP contribution in [0.1, 0.15) is 32.7 Å². The number of carbonyl (C=O) groups is 4. The molecule has 1 atom stereocenters. The Morgan fingerprint density at radius 1 is 1.07 bits per heavy atom. The molecule has 0 saturated carbocycles. The summed E-state index contributed by atoms with van der Waals surface area (Å²) in [6.07, 6.45) is 3.26. The molecule has 8 nitrogen and oxygen atoms in total. The van der Waals surface area contributed by atoms with Crippen molar-refractivity contribution in [3.8, 4) is 0 Å². The Labute approximate surface area is 154 Å². The fraction of sp³-hybridized carbons (Fsp3) is 0.211. The summed E-state index contributed by atoms with van der Waals surface area (Å²) in [5, 5.41) is 0.473. The zero-order valence-electron chi connectivity index (χ0n) is 14.2. The average molecular weight is 365 g/mol. The SMILES string of the molecule is O=C(ON1C(=O)c2ccccc2C1=O)C1CC(=O)N(Cc2cccnc2)C1. The maximum absolute atomic E-state index is 12.4. The van der Waals surface area contributed by atoms with Gasteiger partial charge in [0.25, 0.3) is 11.8 Å². The van der Waals surface area contributed by atoms with Gasteiger partial charge in [-0.1, -0.05) is 23.3 Å². The number of nitrogens with zero attached hydrogens (tertiary/aromatic N) is 3. The van der Waals surface area contributed by atoms with Gasteiger partial charge in [-0.05, 0) is 23.8 Å². The van der Waals surface area contributed by atoms with Gasteiger partial charge in [-0.15, -0.1) is 0 Å². The number of amides is 3. The molecule has 8 heteroatoms. The molecule has 2 aliphatic rings. The van der Waals surface area contributed by atoms with Crippen molar-refractivity contribution in [1.82, 2.24) is 14.9 Å². The van der Waals surface area contributed by atoms with E-state index < -0.39 is 23.7 Å². The minimum absolute atomic E-state index is 0.0255. The van der Waals surface area contributed by atoms with Gasteiger partial charge in [-0.3, -0.25) is 19.4 Å². The number of hydroxylamine groups is 2. The van der Waals surface area contributed by atoms with Gasteiger partial charge in [-0.25, -0.2) is 4.79 Å². The standard InChI is InChI=1S/C19H15N3O5/c23-16-8-13(11-21(16)10-12-4-3-7-20-9-12)19(26)27-22-17(24)14-5-1-2-6-15(14)18(22)25/h1-7,9,13H,8,10-11H2. The van der Waals surface area contributed by atoms with E-state index in [4.69, 9.17) is 4.84 Å². The Bertz CT molecular complexity index is 908. The molecule has 136 valence electrons. The van der Waals surface area contributed by atoms with E-state index in [1.54, 1.807) is 30.6 Å². The number of aromatic nitrogens is 1. The summed E-state index contributed by atoms with van der Waals surface area (Å²) in [6.45, 7) is 0.499. The molecule has 0 N–H and O–H groups in total. The van der Waals surface area contributed by atoms with Gasteiger partial charge in [0.1, 0.15) is 0 Å². The Morgan fingerprint density at radius 2 is 1.78 bits per heavy atom. The van der Waals surface area contributed by atoms with Gasteiger partial charge in [0.05, 0.1) is 17.0 Å². The minimum atomic E-state index is -0.772. The van der Waals surface area contributed by atoms with E-state index in [1.165, 1.54) is 17.0 Å². The lowest BCUT2D eigenvalue weighted by atomic mass is 10.1. The van der Waals surface area contributed by atoms with Gasteiger partial charge in [0, 0.05) is 31.9 Å². The molecule has 1 aromatic heterocycles. The van der Waals surface area contributed by atoms with Crippen LogP contribution >= 0.6 is 0 Å². The van der Waals surface area contributed by atoms with Gasteiger partial charge >= 0.3 is 5.97 Å². The number of hydrogen-bond acceptors (Lipinski definition) is 6. The van der Waals surface area contributed by atoms with Crippen LogP contribution in [0.4, 0.5) is 0 Å². The summed E-state index contributed by atoms with van der Waals surface area (Å²) in [6, 6.07) is 9.85. The maximum Gasteiger partial charge on any atom is 0.338 e. The first-order chi connectivity index (χ1) is 13.0. The molecular weight excluding hydrogens is 350 g/mol. The summed E-state index contributed by atoms with van der Waals surface area (Å²) >= 11 is 0. The van der Waals surface area contributed by atoms with E-state index in [9.17, 15) is 19.2 Å². The second-order valence-electron chi connectivity index (χ2n) is 6.40. The number of hydrogen-bond donors (Lipinski definition) is 0. The van der Waals surface area contributed by atoms with Crippen LogP contribution in [0.25, 0.3) is 0 Å². The predicted octanol–water partition coefficient (Wildman–Crippen LogP) is 1.18. The Kier molecular flexibility index (Phi) is 4.15. The third-order valence-corrected chi connectivity index (χ3v) is 4.58. The van der Waals surface area contributed by atoms with Crippen LogP contribution in [0.3, 0.4) is 0 Å². The summed E-state index contributed by atoms with van der Waals surface area (Å²) in [5.74, 6) is -3.06. The average Bonchev–Trinajstić information content (AvgIpc) is 3.16. The number of rotatable bonds is 4. The molecule has 0 bridgehead atoms. The molecule has 0 aliphatic carbocycles. The van der Waals surface area contributed by atoms with E-state index in [0.29, 0.717) is 11.6 Å². The van der Waals surface area contributed by atoms with Crippen molar-refractivity contribution in [3.63, 3.8) is 0 Å². The van der Waals surface area contributed by atoms with Crippen molar-refractivity contribution in [2.45, 2.75) is 13.0 Å². The molecular formula is C19H15N3O5. The molecule has 2 aromatic rings. The van der Waals surface area contributed by atoms with Crippen molar-refractivity contribution in [1.29, 1.82) is 0 Å². The summed E-state index contributed by atoms with van der Waals surface area (Å²) < 4.78 is 0. The van der Waals surface area contributed by atoms with Crippen LogP contribution in [0, 0.1) is 5.92 Å². The van der Waals surface area contributed by atoms with Crippen molar-refractivity contribution < 1.29 is 24.0 Å². The summed E-state index contributed by atoms with van der Waals surface area (Å²) in [7, 11) is 0. The molecule has 3 amide bonds. The molecule has 4 rings (SSSR count). The largest absolute Gasteiger partial charge is 0.338 e. The summed E-state index contributed by atoms with van der Waals surface area (Å²) in [5.41, 5.74) is 1.23. The monoisotopic (exact) mass is 365 g/mol. The number of benzene rings is 1. The normalized spacial score (nSPS) is 18.8. The lowest BCUT2D eigenvalue weighted by molar-refractivity contribution is -0.173. The summed E-state index contributed by atoms with van der Waals surface area (Å²) in [4.78, 5) is 59.7. The molecule has 1 unspecified atom stereocenters. The predicted molar refractivity (Wildman–Crippen MR) is 90.8 cm³/mol. The van der Waals surface area contributed by atoms with Gasteiger partial charge in [-0.2, -0.15) is 0 Å². The van der Waals surface area contributed by atoms with Crippen LogP contribution in [0.5, 0.6) is 0 Å². The van der Waals surface area contributed by atoms with Crippen LogP contribution in [0.15, 0.2) is 48.8 Å². The Morgan fingerprint density at radius 3 is 2.41 bits per heavy atom. The smallest absolute Gasteiger partial charge is 0.337 e. The molecule has 27 heavy (non-hydrogen) atoms. The Hall–Kier alpha value is -3.55. The highest BCUT2D eigenvalue weighted by Gasteiger charge is 2.42. The molecule has 3 heterocycles. The maximum atomic E-state index is 12.4. The van der Waals surface area contributed by atoms with Crippen molar-refractivity contribution >= 4 is 23.7 Å². The first kappa shape index (κ1) is 16.9. The third kappa shape index (κ3) is 3.05. The van der Waals surface area contributed by atoms with E-state index in [2.05, 4.69) is 4.98 Å². The van der Waals surface area contributed by atoms with Gasteiger partial charge < -0.3 is 9.74 Å². The number of likely N-dealkylation sites (tertiary alicyclic amines) is 1. The molecule has 0 radical (unpaired) electrons. The molecule has 1 fully saturated rings. The van der Waals surface area contributed by atoms with E-state index in [0.717, 1.165) is 5.56 Å². The first-order valence-corrected chi connectivity index (χ1v) is 8.41. The quantitative estimate of drug-likeness (QED) is 0.755. The number of pyridine rings is 1. The van der Waals surface area contributed by atoms with Crippen LogP contribution < -0.4 is 0 Å². The highest BCUT2D eigenvalue weighted by Crippen LogP contribution is 2.26. The second-order valence-corrected chi connectivity index (χ2v) is 6.40. The van der Waals surface area contributed by atoms with Crippen molar-refractivity contribution in [2.75, 3.05) is 6.54 Å². The lowest BCUT2D eigenvalue weighted by Gasteiger charge is -2.17. The second kappa shape index (κ2) is 6.64. The fourth-order valence-corrected chi connectivity index (χ4v) is 3.21.